The number of para-hydroxylation sites is 1. The second kappa shape index (κ2) is 6.64. The number of hydrogen-bond donors (Lipinski definition) is 0. The molecule has 1 aromatic carbocycles. The molecule has 0 spiro atoms. The van der Waals surface area contributed by atoms with Crippen LogP contribution in [0.25, 0.3) is 0 Å². The molecular formula is C17H19N3O3. The number of aromatic nitrogens is 2. The van der Waals surface area contributed by atoms with Gasteiger partial charge in [-0.05, 0) is 25.1 Å². The number of nitrogens with zero attached hydrogens (tertiary/aromatic N) is 3. The second-order valence-electron chi connectivity index (χ2n) is 5.49. The van der Waals surface area contributed by atoms with E-state index in [1.54, 1.807) is 30.2 Å². The lowest BCUT2D eigenvalue weighted by Crippen LogP contribution is -2.31. The Balaban J connectivity index is 1.65. The van der Waals surface area contributed by atoms with E-state index in [2.05, 4.69) is 10.2 Å². The summed E-state index contributed by atoms with van der Waals surface area (Å²) >= 11 is 0. The van der Waals surface area contributed by atoms with Crippen molar-refractivity contribution in [3.8, 4) is 11.6 Å². The van der Waals surface area contributed by atoms with Crippen LogP contribution in [0.3, 0.4) is 0 Å². The molecule has 1 aromatic heterocycles. The van der Waals surface area contributed by atoms with Gasteiger partial charge in [-0.3, -0.25) is 4.79 Å². The summed E-state index contributed by atoms with van der Waals surface area (Å²) in [5, 5.41) is 7.98. The lowest BCUT2D eigenvalue weighted by Gasteiger charge is -2.18. The zero-order valence-electron chi connectivity index (χ0n) is 13.2. The molecule has 6 nitrogen and oxygen atoms in total. The number of benzene rings is 1. The molecule has 1 aliphatic rings. The summed E-state index contributed by atoms with van der Waals surface area (Å²) in [5.41, 5.74) is 1.42. The minimum atomic E-state index is -0.0642. The van der Waals surface area contributed by atoms with Gasteiger partial charge in [0.1, 0.15) is 11.9 Å². The van der Waals surface area contributed by atoms with Crippen LogP contribution in [0.1, 0.15) is 22.5 Å². The standard InChI is InChI=1S/C17H19N3O3/c1-12-7-8-16(19-18-12)23-13-9-10-20(11-13)17(21)14-5-3-4-6-15(14)22-2/h3-8,13H,9-11H2,1-2H3. The molecule has 6 heteroatoms. The Morgan fingerprint density at radius 2 is 2.04 bits per heavy atom. The molecule has 23 heavy (non-hydrogen) atoms. The monoisotopic (exact) mass is 313 g/mol. The maximum absolute atomic E-state index is 12.6. The smallest absolute Gasteiger partial charge is 0.257 e. The van der Waals surface area contributed by atoms with E-state index in [4.69, 9.17) is 9.47 Å². The van der Waals surface area contributed by atoms with Crippen molar-refractivity contribution in [2.45, 2.75) is 19.4 Å². The fourth-order valence-corrected chi connectivity index (χ4v) is 2.62. The fraction of sp³-hybridized carbons (Fsp3) is 0.353. The van der Waals surface area contributed by atoms with E-state index in [9.17, 15) is 4.79 Å². The van der Waals surface area contributed by atoms with Gasteiger partial charge in [0.15, 0.2) is 0 Å². The zero-order valence-corrected chi connectivity index (χ0v) is 13.2. The summed E-state index contributed by atoms with van der Waals surface area (Å²) in [5.74, 6) is 1.04. The molecule has 3 rings (SSSR count). The van der Waals surface area contributed by atoms with Gasteiger partial charge in [-0.2, -0.15) is 5.10 Å². The van der Waals surface area contributed by atoms with E-state index in [-0.39, 0.29) is 12.0 Å². The first-order chi connectivity index (χ1) is 11.2. The van der Waals surface area contributed by atoms with Gasteiger partial charge in [-0.25, -0.2) is 0 Å². The van der Waals surface area contributed by atoms with Gasteiger partial charge in [-0.15, -0.1) is 5.10 Å². The van der Waals surface area contributed by atoms with Crippen LogP contribution in [-0.2, 0) is 0 Å². The first-order valence-corrected chi connectivity index (χ1v) is 7.56. The van der Waals surface area contributed by atoms with Crippen LogP contribution in [0.2, 0.25) is 0 Å². The Morgan fingerprint density at radius 3 is 2.78 bits per heavy atom. The molecule has 0 saturated carbocycles. The van der Waals surface area contributed by atoms with E-state index in [1.807, 2.05) is 25.1 Å². The molecule has 1 aliphatic heterocycles. The van der Waals surface area contributed by atoms with Crippen LogP contribution in [0.4, 0.5) is 0 Å². The molecule has 1 unspecified atom stereocenters. The Bertz CT molecular complexity index is 688. The van der Waals surface area contributed by atoms with Crippen molar-refractivity contribution < 1.29 is 14.3 Å². The van der Waals surface area contributed by atoms with Crippen LogP contribution >= 0.6 is 0 Å². The lowest BCUT2D eigenvalue weighted by atomic mass is 10.2. The van der Waals surface area contributed by atoms with Crippen molar-refractivity contribution in [3.05, 3.63) is 47.7 Å². The highest BCUT2D eigenvalue weighted by molar-refractivity contribution is 5.97. The number of hydrogen-bond acceptors (Lipinski definition) is 5. The Morgan fingerprint density at radius 1 is 1.22 bits per heavy atom. The topological polar surface area (TPSA) is 64.5 Å². The predicted octanol–water partition coefficient (Wildman–Crippen LogP) is 2.09. The molecule has 1 atom stereocenters. The Kier molecular flexibility index (Phi) is 4.41. The van der Waals surface area contributed by atoms with Crippen LogP contribution in [0.5, 0.6) is 11.6 Å². The minimum absolute atomic E-state index is 0.0384. The first kappa shape index (κ1) is 15.3. The molecule has 1 amide bonds. The van der Waals surface area contributed by atoms with E-state index >= 15 is 0 Å². The number of ether oxygens (including phenoxy) is 2. The van der Waals surface area contributed by atoms with Crippen molar-refractivity contribution in [3.63, 3.8) is 0 Å². The third-order valence-electron chi connectivity index (χ3n) is 3.83. The highest BCUT2D eigenvalue weighted by Crippen LogP contribution is 2.23. The molecule has 0 radical (unpaired) electrons. The summed E-state index contributed by atoms with van der Waals surface area (Å²) in [7, 11) is 1.57. The number of carbonyl (C=O) groups is 1. The quantitative estimate of drug-likeness (QED) is 0.865. The average Bonchev–Trinajstić information content (AvgIpc) is 3.05. The largest absolute Gasteiger partial charge is 0.496 e. The third-order valence-corrected chi connectivity index (χ3v) is 3.83. The Labute approximate surface area is 135 Å². The number of methoxy groups -OCH3 is 1. The van der Waals surface area contributed by atoms with Crippen molar-refractivity contribution in [1.82, 2.24) is 15.1 Å². The fourth-order valence-electron chi connectivity index (χ4n) is 2.62. The summed E-state index contributed by atoms with van der Waals surface area (Å²) in [4.78, 5) is 14.4. The highest BCUT2D eigenvalue weighted by Gasteiger charge is 2.29. The van der Waals surface area contributed by atoms with E-state index in [0.29, 0.717) is 30.3 Å². The van der Waals surface area contributed by atoms with Crippen molar-refractivity contribution >= 4 is 5.91 Å². The molecule has 0 aliphatic carbocycles. The lowest BCUT2D eigenvalue weighted by molar-refractivity contribution is 0.0767. The van der Waals surface area contributed by atoms with Gasteiger partial charge < -0.3 is 14.4 Å². The number of aryl methyl sites for hydroxylation is 1. The van der Waals surface area contributed by atoms with Crippen molar-refractivity contribution in [1.29, 1.82) is 0 Å². The molecule has 0 N–H and O–H groups in total. The predicted molar refractivity (Wildman–Crippen MR) is 84.7 cm³/mol. The third kappa shape index (κ3) is 3.41. The van der Waals surface area contributed by atoms with Gasteiger partial charge >= 0.3 is 0 Å². The molecule has 120 valence electrons. The molecule has 1 saturated heterocycles. The van der Waals surface area contributed by atoms with Gasteiger partial charge in [0.05, 0.1) is 24.9 Å². The highest BCUT2D eigenvalue weighted by atomic mass is 16.5. The molecular weight excluding hydrogens is 294 g/mol. The number of amides is 1. The Hall–Kier alpha value is -2.63. The average molecular weight is 313 g/mol. The van der Waals surface area contributed by atoms with Crippen LogP contribution in [0, 0.1) is 6.92 Å². The molecule has 2 heterocycles. The number of rotatable bonds is 4. The summed E-state index contributed by atoms with van der Waals surface area (Å²) < 4.78 is 11.1. The first-order valence-electron chi connectivity index (χ1n) is 7.56. The normalized spacial score (nSPS) is 17.1. The summed E-state index contributed by atoms with van der Waals surface area (Å²) in [6.45, 7) is 3.06. The maximum atomic E-state index is 12.6. The van der Waals surface area contributed by atoms with Gasteiger partial charge in [0.2, 0.25) is 5.88 Å². The summed E-state index contributed by atoms with van der Waals surface area (Å²) in [6, 6.07) is 10.9. The van der Waals surface area contributed by atoms with Gasteiger partial charge in [0.25, 0.3) is 5.91 Å². The van der Waals surface area contributed by atoms with Crippen LogP contribution in [0.15, 0.2) is 36.4 Å². The zero-order chi connectivity index (χ0) is 16.2. The number of carbonyl (C=O) groups excluding carboxylic acids is 1. The second-order valence-corrected chi connectivity index (χ2v) is 5.49. The molecule has 2 aromatic rings. The summed E-state index contributed by atoms with van der Waals surface area (Å²) in [6.07, 6.45) is 0.710. The van der Waals surface area contributed by atoms with E-state index in [1.165, 1.54) is 0 Å². The van der Waals surface area contributed by atoms with Crippen LogP contribution < -0.4 is 9.47 Å². The van der Waals surface area contributed by atoms with Crippen molar-refractivity contribution in [2.24, 2.45) is 0 Å². The van der Waals surface area contributed by atoms with Crippen molar-refractivity contribution in [2.75, 3.05) is 20.2 Å². The SMILES string of the molecule is COc1ccccc1C(=O)N1CCC(Oc2ccc(C)nn2)C1. The maximum Gasteiger partial charge on any atom is 0.257 e. The van der Waals surface area contributed by atoms with E-state index < -0.39 is 0 Å². The van der Waals surface area contributed by atoms with E-state index in [0.717, 1.165) is 12.1 Å². The molecule has 1 fully saturated rings. The molecule has 0 bridgehead atoms. The number of likely N-dealkylation sites (tertiary alicyclic amines) is 1. The minimum Gasteiger partial charge on any atom is -0.496 e. The van der Waals surface area contributed by atoms with Gasteiger partial charge in [0, 0.05) is 19.0 Å². The van der Waals surface area contributed by atoms with Crippen LogP contribution in [-0.4, -0.2) is 47.3 Å². The van der Waals surface area contributed by atoms with Gasteiger partial charge in [-0.1, -0.05) is 12.1 Å².